The van der Waals surface area contributed by atoms with E-state index >= 15 is 0 Å². The molecule has 2 heteroatoms. The van der Waals surface area contributed by atoms with Crippen molar-refractivity contribution in [1.29, 1.82) is 0 Å². The standard InChI is InChI=1S/C5H5.CO.Mn/c1-2-4-5-3-1;1-2;/h1-3H,4H2;;/q-1;;. The normalized spacial score (nSPS) is 12.0. The second-order valence-electron chi connectivity index (χ2n) is 1.08. The minimum Gasteiger partial charge on any atom is -0.273 e. The maximum Gasteiger partial charge on any atom is -0.109 e. The Kier molecular flexibility index (Phi) is 6.23. The summed E-state index contributed by atoms with van der Waals surface area (Å²) >= 11 is 2.34. The Morgan fingerprint density at radius 1 is 1.75 bits per heavy atom. The predicted molar refractivity (Wildman–Crippen MR) is 27.3 cm³/mol. The Morgan fingerprint density at radius 2 is 2.38 bits per heavy atom. The molecule has 0 bridgehead atoms. The molecule has 1 nitrogen and oxygen atoms in total. The molecule has 0 heterocycles. The van der Waals surface area contributed by atoms with Crippen LogP contribution in [0.1, 0.15) is 6.42 Å². The molecule has 0 amide bonds. The van der Waals surface area contributed by atoms with E-state index in [0.29, 0.717) is 0 Å². The first kappa shape index (κ1) is 7.58. The zero-order valence-corrected chi connectivity index (χ0v) is 5.41. The van der Waals surface area contributed by atoms with E-state index in [1.165, 1.54) is 4.79 Å². The van der Waals surface area contributed by atoms with Crippen LogP contribution in [-0.2, 0) is 20.4 Å². The summed E-state index contributed by atoms with van der Waals surface area (Å²) in [7, 11) is 0. The van der Waals surface area contributed by atoms with E-state index in [-0.39, 0.29) is 0 Å². The summed E-state index contributed by atoms with van der Waals surface area (Å²) in [5.41, 5.74) is 0. The molecule has 0 saturated carbocycles. The third-order valence-electron chi connectivity index (χ3n) is 0.586. The summed E-state index contributed by atoms with van der Waals surface area (Å²) in [6, 6.07) is 0. The molecule has 0 aromatic carbocycles. The molecule has 0 atom stereocenters. The molecular weight excluding hydrogens is 143 g/mol. The smallest absolute Gasteiger partial charge is 0.109 e. The van der Waals surface area contributed by atoms with Gasteiger partial charge in [-0.1, -0.05) is 0 Å². The molecule has 1 aliphatic rings. The molecule has 43 valence electrons. The summed E-state index contributed by atoms with van der Waals surface area (Å²) in [4.78, 5) is 9.91. The minimum absolute atomic E-state index is 1.01. The van der Waals surface area contributed by atoms with E-state index in [2.05, 4.69) is 27.7 Å². The van der Waals surface area contributed by atoms with Crippen molar-refractivity contribution in [2.75, 3.05) is 0 Å². The van der Waals surface area contributed by atoms with Crippen LogP contribution in [0.4, 0.5) is 0 Å². The van der Waals surface area contributed by atoms with Crippen LogP contribution in [0.25, 0.3) is 0 Å². The van der Waals surface area contributed by atoms with E-state index in [9.17, 15) is 0 Å². The molecule has 0 N–H and O–H groups in total. The summed E-state index contributed by atoms with van der Waals surface area (Å²) in [5.74, 6) is 0. The van der Waals surface area contributed by atoms with Gasteiger partial charge in [-0.15, -0.1) is 6.42 Å². The molecule has 8 heavy (non-hydrogen) atoms. The van der Waals surface area contributed by atoms with Gasteiger partial charge < -0.3 is 0 Å². The van der Waals surface area contributed by atoms with Gasteiger partial charge in [0.25, 0.3) is 0 Å². The first-order valence-electron chi connectivity index (χ1n) is 2.11. The van der Waals surface area contributed by atoms with Crippen LogP contribution in [0.3, 0.4) is 0 Å². The summed E-state index contributed by atoms with van der Waals surface area (Å²) in [5, 5.41) is 0. The number of allylic oxidation sites excluding steroid dienone is 4. The quantitative estimate of drug-likeness (QED) is 0.368. The Morgan fingerprint density at radius 3 is 2.50 bits per heavy atom. The van der Waals surface area contributed by atoms with Gasteiger partial charge in [-0.3, -0.25) is 6.08 Å². The first-order valence-corrected chi connectivity index (χ1v) is 2.70. The van der Waals surface area contributed by atoms with Gasteiger partial charge in [0.15, 0.2) is 0 Å². The van der Waals surface area contributed by atoms with Gasteiger partial charge in [-0.25, -0.2) is 12.2 Å². The average molecular weight is 148 g/mol. The third kappa shape index (κ3) is 5.58. The van der Waals surface area contributed by atoms with Crippen LogP contribution in [-0.4, -0.2) is 4.79 Å². The van der Waals surface area contributed by atoms with Crippen molar-refractivity contribution >= 4 is 4.79 Å². The second-order valence-corrected chi connectivity index (χ2v) is 1.32. The van der Waals surface area contributed by atoms with Crippen molar-refractivity contribution < 1.29 is 20.4 Å². The Bertz CT molecular complexity index is 119. The monoisotopic (exact) mass is 148 g/mol. The largest absolute Gasteiger partial charge is 0.273 e. The fraction of sp³-hybridized carbons (Fsp3) is 0.167. The molecular formula is C6H5MnO-. The van der Waals surface area contributed by atoms with E-state index in [1.54, 1.807) is 0 Å². The van der Waals surface area contributed by atoms with Gasteiger partial charge in [-0.05, 0) is 0 Å². The van der Waals surface area contributed by atoms with Crippen LogP contribution in [0.5, 0.6) is 0 Å². The van der Waals surface area contributed by atoms with Crippen LogP contribution in [0, 0.1) is 6.08 Å². The van der Waals surface area contributed by atoms with Gasteiger partial charge in [0.1, 0.15) is 0 Å². The molecule has 1 rings (SSSR count). The number of hydrogen-bond acceptors (Lipinski definition) is 1. The maximum atomic E-state index is 8.60. The van der Waals surface area contributed by atoms with Crippen molar-refractivity contribution in [3.05, 3.63) is 24.3 Å². The van der Waals surface area contributed by atoms with Crippen molar-refractivity contribution in [2.24, 2.45) is 0 Å². The second kappa shape index (κ2) is 6.58. The number of hydrogen-bond donors (Lipinski definition) is 0. The van der Waals surface area contributed by atoms with Crippen LogP contribution in [0.2, 0.25) is 0 Å². The molecule has 1 aliphatic carbocycles. The SMILES string of the molecule is O=[C]=[Mn].[C-]1=CC=CC1. The predicted octanol–water partition coefficient (Wildman–Crippen LogP) is 0.906. The molecule has 0 aliphatic heterocycles. The van der Waals surface area contributed by atoms with Gasteiger partial charge in [0, 0.05) is 0 Å². The number of rotatable bonds is 0. The number of carbonyl (C=O) groups excluding carboxylic acids is 1. The topological polar surface area (TPSA) is 17.1 Å². The van der Waals surface area contributed by atoms with E-state index in [4.69, 9.17) is 4.79 Å². The van der Waals surface area contributed by atoms with Crippen molar-refractivity contribution in [2.45, 2.75) is 6.42 Å². The zero-order chi connectivity index (χ0) is 6.24. The summed E-state index contributed by atoms with van der Waals surface area (Å²) < 4.78 is 0. The van der Waals surface area contributed by atoms with Crippen LogP contribution >= 0.6 is 0 Å². The Balaban J connectivity index is 0.000000145. The Labute approximate surface area is 56.4 Å². The van der Waals surface area contributed by atoms with E-state index in [0.717, 1.165) is 6.42 Å². The zero-order valence-electron chi connectivity index (χ0n) is 4.23. The van der Waals surface area contributed by atoms with Gasteiger partial charge in [-0.2, -0.15) is 6.08 Å². The molecule has 0 aromatic heterocycles. The molecule has 0 fully saturated rings. The van der Waals surface area contributed by atoms with Crippen molar-refractivity contribution in [1.82, 2.24) is 0 Å². The Hall–Kier alpha value is -0.421. The van der Waals surface area contributed by atoms with E-state index < -0.39 is 0 Å². The fourth-order valence-electron chi connectivity index (χ4n) is 0.340. The molecule has 0 saturated heterocycles. The average Bonchev–Trinajstić information content (AvgIpc) is 2.17. The molecule has 0 aromatic rings. The van der Waals surface area contributed by atoms with E-state index in [1.807, 2.05) is 12.2 Å². The fourth-order valence-corrected chi connectivity index (χ4v) is 0.340. The van der Waals surface area contributed by atoms with Gasteiger partial charge >= 0.3 is 25.2 Å². The maximum absolute atomic E-state index is 8.60. The first-order chi connectivity index (χ1) is 3.91. The minimum atomic E-state index is 1.01. The summed E-state index contributed by atoms with van der Waals surface area (Å²) in [6.07, 6.45) is 10.0. The van der Waals surface area contributed by atoms with Crippen LogP contribution < -0.4 is 0 Å². The van der Waals surface area contributed by atoms with Gasteiger partial charge in [0.05, 0.1) is 0 Å². The third-order valence-corrected chi connectivity index (χ3v) is 0.586. The summed E-state index contributed by atoms with van der Waals surface area (Å²) in [6.45, 7) is 0. The molecule has 0 spiro atoms. The van der Waals surface area contributed by atoms with Crippen molar-refractivity contribution in [3.63, 3.8) is 0 Å². The molecule has 0 unspecified atom stereocenters. The van der Waals surface area contributed by atoms with Crippen molar-refractivity contribution in [3.8, 4) is 0 Å². The van der Waals surface area contributed by atoms with Gasteiger partial charge in [0.2, 0.25) is 0 Å². The van der Waals surface area contributed by atoms with Crippen LogP contribution in [0.15, 0.2) is 18.2 Å². The molecule has 0 radical (unpaired) electrons.